The van der Waals surface area contributed by atoms with Gasteiger partial charge in [-0.15, -0.1) is 0 Å². The molecule has 1 fully saturated rings. The summed E-state index contributed by atoms with van der Waals surface area (Å²) in [4.78, 5) is 0. The van der Waals surface area contributed by atoms with Crippen LogP contribution in [-0.4, -0.2) is 19.5 Å². The molecule has 0 spiro atoms. The SMILES string of the molecule is CC1=CC(C)C(C2OCCO2)CC1. The molecular weight excluding hydrogens is 164 g/mol. The Morgan fingerprint density at radius 1 is 1.31 bits per heavy atom. The molecule has 0 radical (unpaired) electrons. The van der Waals surface area contributed by atoms with Crippen molar-refractivity contribution in [1.29, 1.82) is 0 Å². The molecule has 1 saturated heterocycles. The summed E-state index contributed by atoms with van der Waals surface area (Å²) in [5.41, 5.74) is 1.52. The van der Waals surface area contributed by atoms with E-state index in [2.05, 4.69) is 19.9 Å². The Morgan fingerprint density at radius 3 is 2.62 bits per heavy atom. The summed E-state index contributed by atoms with van der Waals surface area (Å²) < 4.78 is 11.1. The fourth-order valence-electron chi connectivity index (χ4n) is 2.32. The van der Waals surface area contributed by atoms with E-state index in [1.807, 2.05) is 0 Å². The minimum atomic E-state index is 0.0688. The maximum absolute atomic E-state index is 5.55. The van der Waals surface area contributed by atoms with Crippen molar-refractivity contribution < 1.29 is 9.47 Å². The van der Waals surface area contributed by atoms with E-state index in [0.29, 0.717) is 11.8 Å². The average molecular weight is 182 g/mol. The van der Waals surface area contributed by atoms with Crippen molar-refractivity contribution in [3.05, 3.63) is 11.6 Å². The Labute approximate surface area is 79.9 Å². The lowest BCUT2D eigenvalue weighted by Gasteiger charge is -2.30. The highest BCUT2D eigenvalue weighted by Crippen LogP contribution is 2.33. The summed E-state index contributed by atoms with van der Waals surface area (Å²) in [5.74, 6) is 1.18. The summed E-state index contributed by atoms with van der Waals surface area (Å²) >= 11 is 0. The molecule has 1 aliphatic carbocycles. The molecular formula is C11H18O2. The van der Waals surface area contributed by atoms with Gasteiger partial charge in [-0.2, -0.15) is 0 Å². The molecule has 0 aromatic rings. The summed E-state index contributed by atoms with van der Waals surface area (Å²) in [6, 6.07) is 0. The quantitative estimate of drug-likeness (QED) is 0.579. The molecule has 13 heavy (non-hydrogen) atoms. The lowest BCUT2D eigenvalue weighted by atomic mass is 9.82. The van der Waals surface area contributed by atoms with Crippen molar-refractivity contribution in [2.75, 3.05) is 13.2 Å². The first-order valence-electron chi connectivity index (χ1n) is 5.18. The highest BCUT2D eigenvalue weighted by Gasteiger charge is 2.31. The van der Waals surface area contributed by atoms with Gasteiger partial charge in [0.1, 0.15) is 0 Å². The van der Waals surface area contributed by atoms with Gasteiger partial charge < -0.3 is 9.47 Å². The second-order valence-corrected chi connectivity index (χ2v) is 4.18. The van der Waals surface area contributed by atoms with Crippen LogP contribution in [0.1, 0.15) is 26.7 Å². The van der Waals surface area contributed by atoms with Gasteiger partial charge in [0.2, 0.25) is 0 Å². The first-order chi connectivity index (χ1) is 6.27. The van der Waals surface area contributed by atoms with Crippen molar-refractivity contribution in [2.24, 2.45) is 11.8 Å². The number of hydrogen-bond acceptors (Lipinski definition) is 2. The highest BCUT2D eigenvalue weighted by atomic mass is 16.7. The van der Waals surface area contributed by atoms with Crippen molar-refractivity contribution in [2.45, 2.75) is 33.0 Å². The van der Waals surface area contributed by atoms with Gasteiger partial charge in [0.25, 0.3) is 0 Å². The Bertz CT molecular complexity index is 204. The minimum Gasteiger partial charge on any atom is -0.350 e. The molecule has 0 saturated carbocycles. The molecule has 2 heteroatoms. The van der Waals surface area contributed by atoms with Gasteiger partial charge in [0, 0.05) is 5.92 Å². The maximum atomic E-state index is 5.55. The zero-order valence-electron chi connectivity index (χ0n) is 8.45. The minimum absolute atomic E-state index is 0.0688. The van der Waals surface area contributed by atoms with Gasteiger partial charge in [-0.1, -0.05) is 18.6 Å². The summed E-state index contributed by atoms with van der Waals surface area (Å²) in [5, 5.41) is 0. The Morgan fingerprint density at radius 2 is 2.00 bits per heavy atom. The van der Waals surface area contributed by atoms with Gasteiger partial charge in [-0.3, -0.25) is 0 Å². The summed E-state index contributed by atoms with van der Waals surface area (Å²) in [7, 11) is 0. The first-order valence-corrected chi connectivity index (χ1v) is 5.18. The van der Waals surface area contributed by atoms with Gasteiger partial charge in [0.05, 0.1) is 13.2 Å². The third-order valence-corrected chi connectivity index (χ3v) is 3.09. The topological polar surface area (TPSA) is 18.5 Å². The largest absolute Gasteiger partial charge is 0.350 e. The van der Waals surface area contributed by atoms with Crippen LogP contribution in [0.15, 0.2) is 11.6 Å². The molecule has 2 nitrogen and oxygen atoms in total. The van der Waals surface area contributed by atoms with Crippen molar-refractivity contribution in [1.82, 2.24) is 0 Å². The lowest BCUT2D eigenvalue weighted by molar-refractivity contribution is -0.0962. The normalized spacial score (nSPS) is 36.3. The lowest BCUT2D eigenvalue weighted by Crippen LogP contribution is -2.28. The van der Waals surface area contributed by atoms with Crippen LogP contribution in [0.2, 0.25) is 0 Å². The van der Waals surface area contributed by atoms with E-state index in [-0.39, 0.29) is 6.29 Å². The van der Waals surface area contributed by atoms with Crippen LogP contribution in [0.5, 0.6) is 0 Å². The predicted molar refractivity (Wildman–Crippen MR) is 51.3 cm³/mol. The van der Waals surface area contributed by atoms with E-state index in [9.17, 15) is 0 Å². The summed E-state index contributed by atoms with van der Waals surface area (Å²) in [6.45, 7) is 6.02. The number of rotatable bonds is 1. The smallest absolute Gasteiger partial charge is 0.161 e. The van der Waals surface area contributed by atoms with Crippen LogP contribution >= 0.6 is 0 Å². The standard InChI is InChI=1S/C11H18O2/c1-8-3-4-10(9(2)7-8)11-12-5-6-13-11/h7,9-11H,3-6H2,1-2H3. The van der Waals surface area contributed by atoms with E-state index < -0.39 is 0 Å². The molecule has 1 aliphatic heterocycles. The van der Waals surface area contributed by atoms with Crippen LogP contribution in [0.4, 0.5) is 0 Å². The third kappa shape index (κ3) is 1.94. The van der Waals surface area contributed by atoms with E-state index >= 15 is 0 Å². The molecule has 1 heterocycles. The maximum Gasteiger partial charge on any atom is 0.161 e. The Kier molecular flexibility index (Phi) is 2.70. The second kappa shape index (κ2) is 3.81. The van der Waals surface area contributed by atoms with Crippen LogP contribution in [0.3, 0.4) is 0 Å². The van der Waals surface area contributed by atoms with Crippen LogP contribution in [0, 0.1) is 11.8 Å². The molecule has 2 atom stereocenters. The Hall–Kier alpha value is -0.340. The van der Waals surface area contributed by atoms with Gasteiger partial charge in [-0.25, -0.2) is 0 Å². The molecule has 0 N–H and O–H groups in total. The van der Waals surface area contributed by atoms with Gasteiger partial charge in [0.15, 0.2) is 6.29 Å². The van der Waals surface area contributed by atoms with Crippen molar-refractivity contribution in [3.8, 4) is 0 Å². The molecule has 2 rings (SSSR count). The molecule has 0 aromatic heterocycles. The van der Waals surface area contributed by atoms with Crippen LogP contribution in [0.25, 0.3) is 0 Å². The van der Waals surface area contributed by atoms with Crippen LogP contribution in [-0.2, 0) is 9.47 Å². The second-order valence-electron chi connectivity index (χ2n) is 4.18. The highest BCUT2D eigenvalue weighted by molar-refractivity contribution is 5.06. The fraction of sp³-hybridized carbons (Fsp3) is 0.818. The van der Waals surface area contributed by atoms with E-state index in [4.69, 9.17) is 9.47 Å². The monoisotopic (exact) mass is 182 g/mol. The van der Waals surface area contributed by atoms with Crippen LogP contribution < -0.4 is 0 Å². The predicted octanol–water partition coefficient (Wildman–Crippen LogP) is 2.35. The molecule has 0 bridgehead atoms. The third-order valence-electron chi connectivity index (χ3n) is 3.09. The summed E-state index contributed by atoms with van der Waals surface area (Å²) in [6.07, 6.45) is 4.85. The average Bonchev–Trinajstić information content (AvgIpc) is 2.56. The zero-order valence-corrected chi connectivity index (χ0v) is 8.45. The van der Waals surface area contributed by atoms with Crippen molar-refractivity contribution in [3.63, 3.8) is 0 Å². The number of allylic oxidation sites excluding steroid dienone is 2. The number of ether oxygens (including phenoxy) is 2. The Balaban J connectivity index is 2.00. The molecule has 0 amide bonds. The van der Waals surface area contributed by atoms with E-state index in [1.54, 1.807) is 0 Å². The first kappa shape index (κ1) is 9.22. The molecule has 0 aromatic carbocycles. The molecule has 74 valence electrons. The molecule has 2 aliphatic rings. The van der Waals surface area contributed by atoms with Gasteiger partial charge >= 0.3 is 0 Å². The van der Waals surface area contributed by atoms with Gasteiger partial charge in [-0.05, 0) is 25.7 Å². The zero-order chi connectivity index (χ0) is 9.26. The van der Waals surface area contributed by atoms with Crippen molar-refractivity contribution >= 4 is 0 Å². The fourth-order valence-corrected chi connectivity index (χ4v) is 2.32. The van der Waals surface area contributed by atoms with E-state index in [1.165, 1.54) is 18.4 Å². The van der Waals surface area contributed by atoms with E-state index in [0.717, 1.165) is 13.2 Å². The number of hydrogen-bond donors (Lipinski definition) is 0. The molecule has 2 unspecified atom stereocenters.